The van der Waals surface area contributed by atoms with Gasteiger partial charge < -0.3 is 9.84 Å². The third-order valence-electron chi connectivity index (χ3n) is 2.79. The highest BCUT2D eigenvalue weighted by Gasteiger charge is 2.10. The van der Waals surface area contributed by atoms with E-state index in [9.17, 15) is 0 Å². The van der Waals surface area contributed by atoms with Crippen LogP contribution in [-0.2, 0) is 6.42 Å². The Hall–Kier alpha value is -2.17. The molecule has 0 aliphatic carbocycles. The molecule has 0 saturated carbocycles. The van der Waals surface area contributed by atoms with E-state index >= 15 is 0 Å². The average Bonchev–Trinajstić information content (AvgIpc) is 2.87. The number of aromatic nitrogens is 2. The number of hydrogen-bond acceptors (Lipinski definition) is 4. The number of pyridine rings is 1. The summed E-state index contributed by atoms with van der Waals surface area (Å²) in [6, 6.07) is 7.48. The highest BCUT2D eigenvalue weighted by Crippen LogP contribution is 2.19. The lowest BCUT2D eigenvalue weighted by atomic mass is 10.1. The van der Waals surface area contributed by atoms with Crippen LogP contribution in [0.1, 0.15) is 32.2 Å². The monoisotopic (exact) mass is 272 g/mol. The molecule has 5 heteroatoms. The highest BCUT2D eigenvalue weighted by molar-refractivity contribution is 5.94. The van der Waals surface area contributed by atoms with Gasteiger partial charge in [0.1, 0.15) is 23.0 Å². The van der Waals surface area contributed by atoms with Crippen LogP contribution >= 0.6 is 0 Å². The van der Waals surface area contributed by atoms with Gasteiger partial charge in [0.25, 0.3) is 0 Å². The maximum atomic E-state index is 7.87. The second kappa shape index (κ2) is 6.32. The molecule has 5 nitrogen and oxygen atoms in total. The van der Waals surface area contributed by atoms with Crippen molar-refractivity contribution in [3.05, 3.63) is 35.7 Å². The number of nitrogens with one attached hydrogen (secondary N) is 2. The second-order valence-electron chi connectivity index (χ2n) is 5.09. The Labute approximate surface area is 118 Å². The first kappa shape index (κ1) is 14.2. The first-order chi connectivity index (χ1) is 9.60. The Morgan fingerprint density at radius 3 is 2.85 bits per heavy atom. The summed E-state index contributed by atoms with van der Waals surface area (Å²) in [5.74, 6) is 1.71. The van der Waals surface area contributed by atoms with Crippen molar-refractivity contribution in [3.8, 4) is 11.4 Å². The zero-order valence-corrected chi connectivity index (χ0v) is 12.1. The van der Waals surface area contributed by atoms with E-state index in [0.717, 1.165) is 17.9 Å². The topological polar surface area (TPSA) is 74.8 Å². The molecule has 2 heterocycles. The standard InChI is InChI=1S/C15H20N4O/c1-4-17-15(16)13-7-5-6-12(18-13)14-9-11(20-19-14)8-10(2)3/h5-7,9-10H,4,8H2,1-3H3,(H2,16,17). The Kier molecular flexibility index (Phi) is 4.50. The molecule has 0 aliphatic heterocycles. The molecule has 2 aromatic heterocycles. The molecule has 0 saturated heterocycles. The van der Waals surface area contributed by atoms with Crippen LogP contribution in [0.3, 0.4) is 0 Å². The van der Waals surface area contributed by atoms with Gasteiger partial charge in [-0.25, -0.2) is 4.98 Å². The SMILES string of the molecule is CCNC(=N)c1cccc(-c2cc(CC(C)C)on2)n1. The number of amidine groups is 1. The highest BCUT2D eigenvalue weighted by atomic mass is 16.5. The van der Waals surface area contributed by atoms with Gasteiger partial charge in [0.15, 0.2) is 0 Å². The van der Waals surface area contributed by atoms with Gasteiger partial charge in [-0.05, 0) is 25.0 Å². The van der Waals surface area contributed by atoms with Crippen LogP contribution in [0.2, 0.25) is 0 Å². The average molecular weight is 272 g/mol. The van der Waals surface area contributed by atoms with Crippen molar-refractivity contribution in [1.82, 2.24) is 15.5 Å². The van der Waals surface area contributed by atoms with Crippen molar-refractivity contribution in [2.24, 2.45) is 5.92 Å². The number of rotatable bonds is 5. The van der Waals surface area contributed by atoms with Crippen LogP contribution in [0.15, 0.2) is 28.8 Å². The molecule has 0 fully saturated rings. The van der Waals surface area contributed by atoms with Gasteiger partial charge in [-0.2, -0.15) is 0 Å². The lowest BCUT2D eigenvalue weighted by Gasteiger charge is -2.05. The van der Waals surface area contributed by atoms with Crippen LogP contribution in [0.5, 0.6) is 0 Å². The fourth-order valence-electron chi connectivity index (χ4n) is 1.92. The molecule has 0 aliphatic rings. The van der Waals surface area contributed by atoms with E-state index in [4.69, 9.17) is 9.93 Å². The minimum absolute atomic E-state index is 0.320. The Bertz CT molecular complexity index is 589. The van der Waals surface area contributed by atoms with Gasteiger partial charge in [-0.1, -0.05) is 25.1 Å². The minimum Gasteiger partial charge on any atom is -0.369 e. The molecule has 2 aromatic rings. The van der Waals surface area contributed by atoms with Crippen LogP contribution in [0, 0.1) is 11.3 Å². The lowest BCUT2D eigenvalue weighted by molar-refractivity contribution is 0.370. The summed E-state index contributed by atoms with van der Waals surface area (Å²) in [6.45, 7) is 6.93. The Morgan fingerprint density at radius 1 is 1.35 bits per heavy atom. The molecule has 2 rings (SSSR count). The van der Waals surface area contributed by atoms with E-state index in [1.807, 2.05) is 31.2 Å². The third kappa shape index (κ3) is 3.44. The quantitative estimate of drug-likeness (QED) is 0.648. The largest absolute Gasteiger partial charge is 0.369 e. The van der Waals surface area contributed by atoms with Crippen molar-refractivity contribution in [2.75, 3.05) is 6.54 Å². The molecular formula is C15H20N4O. The fourth-order valence-corrected chi connectivity index (χ4v) is 1.92. The van der Waals surface area contributed by atoms with E-state index in [1.165, 1.54) is 0 Å². The summed E-state index contributed by atoms with van der Waals surface area (Å²) in [6.07, 6.45) is 0.861. The maximum Gasteiger partial charge on any atom is 0.144 e. The summed E-state index contributed by atoms with van der Waals surface area (Å²) < 4.78 is 5.32. The summed E-state index contributed by atoms with van der Waals surface area (Å²) in [5.41, 5.74) is 2.05. The molecule has 0 spiro atoms. The summed E-state index contributed by atoms with van der Waals surface area (Å²) in [7, 11) is 0. The zero-order chi connectivity index (χ0) is 14.5. The first-order valence-corrected chi connectivity index (χ1v) is 6.86. The van der Waals surface area contributed by atoms with Gasteiger partial charge in [-0.15, -0.1) is 0 Å². The van der Waals surface area contributed by atoms with Crippen molar-refractivity contribution in [2.45, 2.75) is 27.2 Å². The van der Waals surface area contributed by atoms with E-state index in [1.54, 1.807) is 0 Å². The van der Waals surface area contributed by atoms with Crippen molar-refractivity contribution in [3.63, 3.8) is 0 Å². The molecule has 0 amide bonds. The third-order valence-corrected chi connectivity index (χ3v) is 2.79. The molecule has 0 atom stereocenters. The molecule has 20 heavy (non-hydrogen) atoms. The molecular weight excluding hydrogens is 252 g/mol. The smallest absolute Gasteiger partial charge is 0.144 e. The predicted molar refractivity (Wildman–Crippen MR) is 78.8 cm³/mol. The van der Waals surface area contributed by atoms with E-state index in [0.29, 0.717) is 29.7 Å². The van der Waals surface area contributed by atoms with Crippen LogP contribution in [0.25, 0.3) is 11.4 Å². The normalized spacial score (nSPS) is 10.8. The molecule has 0 aromatic carbocycles. The van der Waals surface area contributed by atoms with Crippen LogP contribution < -0.4 is 5.32 Å². The summed E-state index contributed by atoms with van der Waals surface area (Å²) >= 11 is 0. The van der Waals surface area contributed by atoms with Crippen LogP contribution in [-0.4, -0.2) is 22.5 Å². The minimum atomic E-state index is 0.320. The van der Waals surface area contributed by atoms with E-state index in [2.05, 4.69) is 29.3 Å². The van der Waals surface area contributed by atoms with Crippen molar-refractivity contribution in [1.29, 1.82) is 5.41 Å². The van der Waals surface area contributed by atoms with Crippen LogP contribution in [0.4, 0.5) is 0 Å². The molecule has 0 radical (unpaired) electrons. The number of nitrogens with zero attached hydrogens (tertiary/aromatic N) is 2. The van der Waals surface area contributed by atoms with Gasteiger partial charge in [-0.3, -0.25) is 5.41 Å². The lowest BCUT2D eigenvalue weighted by Crippen LogP contribution is -2.23. The van der Waals surface area contributed by atoms with Crippen molar-refractivity contribution >= 4 is 5.84 Å². The summed E-state index contributed by atoms with van der Waals surface area (Å²) in [5, 5.41) is 14.9. The van der Waals surface area contributed by atoms with E-state index in [-0.39, 0.29) is 0 Å². The number of hydrogen-bond donors (Lipinski definition) is 2. The molecule has 2 N–H and O–H groups in total. The van der Waals surface area contributed by atoms with Gasteiger partial charge in [0, 0.05) is 19.0 Å². The Morgan fingerprint density at radius 2 is 2.15 bits per heavy atom. The predicted octanol–water partition coefficient (Wildman–Crippen LogP) is 2.87. The van der Waals surface area contributed by atoms with Crippen molar-refractivity contribution < 1.29 is 4.52 Å². The molecule has 0 bridgehead atoms. The van der Waals surface area contributed by atoms with Gasteiger partial charge >= 0.3 is 0 Å². The van der Waals surface area contributed by atoms with E-state index < -0.39 is 0 Å². The maximum absolute atomic E-state index is 7.87. The molecule has 0 unspecified atom stereocenters. The second-order valence-corrected chi connectivity index (χ2v) is 5.09. The fraction of sp³-hybridized carbons (Fsp3) is 0.400. The Balaban J connectivity index is 2.22. The van der Waals surface area contributed by atoms with Gasteiger partial charge in [0.05, 0.1) is 5.69 Å². The zero-order valence-electron chi connectivity index (χ0n) is 12.1. The van der Waals surface area contributed by atoms with Gasteiger partial charge in [0.2, 0.25) is 0 Å². The molecule has 106 valence electrons. The first-order valence-electron chi connectivity index (χ1n) is 6.86. The summed E-state index contributed by atoms with van der Waals surface area (Å²) in [4.78, 5) is 4.44.